The van der Waals surface area contributed by atoms with Crippen molar-refractivity contribution in [2.45, 2.75) is 13.0 Å². The van der Waals surface area contributed by atoms with Crippen molar-refractivity contribution in [3.05, 3.63) is 24.2 Å². The standard InChI is InChI=1S/C9H14N2O2/c1-7(10-2)5-11-9(12)8-3-4-13-6-8/h3-4,6-7,10H,5H2,1-2H3,(H,11,12). The van der Waals surface area contributed by atoms with Gasteiger partial charge in [-0.2, -0.15) is 0 Å². The minimum atomic E-state index is -0.101. The molecule has 0 saturated heterocycles. The number of carbonyl (C=O) groups excluding carboxylic acids is 1. The Hall–Kier alpha value is -1.29. The van der Waals surface area contributed by atoms with E-state index in [-0.39, 0.29) is 11.9 Å². The fourth-order valence-corrected chi connectivity index (χ4v) is 0.844. The van der Waals surface area contributed by atoms with Crippen LogP contribution in [0.1, 0.15) is 17.3 Å². The van der Waals surface area contributed by atoms with Crippen LogP contribution in [0.25, 0.3) is 0 Å². The summed E-state index contributed by atoms with van der Waals surface area (Å²) in [6.07, 6.45) is 2.91. The molecule has 0 aromatic carbocycles. The first-order valence-electron chi connectivity index (χ1n) is 4.21. The van der Waals surface area contributed by atoms with Crippen LogP contribution in [0.3, 0.4) is 0 Å². The number of carbonyl (C=O) groups is 1. The van der Waals surface area contributed by atoms with E-state index in [1.165, 1.54) is 12.5 Å². The van der Waals surface area contributed by atoms with E-state index >= 15 is 0 Å². The van der Waals surface area contributed by atoms with E-state index in [0.717, 1.165) is 0 Å². The van der Waals surface area contributed by atoms with Crippen LogP contribution in [0.5, 0.6) is 0 Å². The molecule has 1 atom stereocenters. The summed E-state index contributed by atoms with van der Waals surface area (Å²) < 4.78 is 4.79. The summed E-state index contributed by atoms with van der Waals surface area (Å²) in [5, 5.41) is 5.80. The number of rotatable bonds is 4. The number of nitrogens with one attached hydrogen (secondary N) is 2. The molecule has 0 fully saturated rings. The third-order valence-electron chi connectivity index (χ3n) is 1.84. The number of hydrogen-bond donors (Lipinski definition) is 2. The first-order chi connectivity index (χ1) is 6.24. The molecule has 0 aliphatic heterocycles. The van der Waals surface area contributed by atoms with Gasteiger partial charge in [-0.25, -0.2) is 0 Å². The molecule has 13 heavy (non-hydrogen) atoms. The van der Waals surface area contributed by atoms with Crippen LogP contribution >= 0.6 is 0 Å². The summed E-state index contributed by atoms with van der Waals surface area (Å²) in [5.41, 5.74) is 0.559. The second-order valence-corrected chi connectivity index (χ2v) is 2.91. The largest absolute Gasteiger partial charge is 0.472 e. The molecular weight excluding hydrogens is 168 g/mol. The molecule has 2 N–H and O–H groups in total. The SMILES string of the molecule is CNC(C)CNC(=O)c1ccoc1. The van der Waals surface area contributed by atoms with Crippen molar-refractivity contribution in [2.75, 3.05) is 13.6 Å². The van der Waals surface area contributed by atoms with E-state index in [1.807, 2.05) is 14.0 Å². The van der Waals surface area contributed by atoms with Crippen LogP contribution in [0, 0.1) is 0 Å². The number of furan rings is 1. The molecule has 1 unspecified atom stereocenters. The predicted molar refractivity (Wildman–Crippen MR) is 49.6 cm³/mol. The lowest BCUT2D eigenvalue weighted by atomic mass is 10.3. The van der Waals surface area contributed by atoms with E-state index in [0.29, 0.717) is 12.1 Å². The Labute approximate surface area is 77.3 Å². The summed E-state index contributed by atoms with van der Waals surface area (Å²) in [5.74, 6) is -0.101. The Morgan fingerprint density at radius 2 is 2.46 bits per heavy atom. The molecule has 0 radical (unpaired) electrons. The summed E-state index contributed by atoms with van der Waals surface area (Å²) in [4.78, 5) is 11.3. The van der Waals surface area contributed by atoms with Gasteiger partial charge < -0.3 is 15.1 Å². The van der Waals surface area contributed by atoms with E-state index < -0.39 is 0 Å². The highest BCUT2D eigenvalue weighted by Crippen LogP contribution is 1.98. The average molecular weight is 182 g/mol. The van der Waals surface area contributed by atoms with Gasteiger partial charge in [0.2, 0.25) is 0 Å². The molecule has 4 heteroatoms. The summed E-state index contributed by atoms with van der Waals surface area (Å²) >= 11 is 0. The lowest BCUT2D eigenvalue weighted by molar-refractivity contribution is 0.0950. The van der Waals surface area contributed by atoms with Crippen molar-refractivity contribution in [2.24, 2.45) is 0 Å². The molecule has 1 aromatic heterocycles. The van der Waals surface area contributed by atoms with Gasteiger partial charge in [0.25, 0.3) is 5.91 Å². The Balaban J connectivity index is 2.35. The van der Waals surface area contributed by atoms with Crippen molar-refractivity contribution in [3.8, 4) is 0 Å². The Morgan fingerprint density at radius 1 is 1.69 bits per heavy atom. The lowest BCUT2D eigenvalue weighted by Gasteiger charge is -2.10. The molecule has 0 spiro atoms. The second-order valence-electron chi connectivity index (χ2n) is 2.91. The van der Waals surface area contributed by atoms with Gasteiger partial charge in [-0.1, -0.05) is 0 Å². The molecule has 1 aromatic rings. The van der Waals surface area contributed by atoms with Gasteiger partial charge in [0.05, 0.1) is 11.8 Å². The first-order valence-corrected chi connectivity index (χ1v) is 4.21. The highest BCUT2D eigenvalue weighted by atomic mass is 16.3. The van der Waals surface area contributed by atoms with E-state index in [1.54, 1.807) is 6.07 Å². The molecule has 72 valence electrons. The minimum absolute atomic E-state index is 0.101. The zero-order valence-corrected chi connectivity index (χ0v) is 7.83. The van der Waals surface area contributed by atoms with Crippen molar-refractivity contribution in [1.29, 1.82) is 0 Å². The highest BCUT2D eigenvalue weighted by Gasteiger charge is 2.06. The third-order valence-corrected chi connectivity index (χ3v) is 1.84. The molecule has 4 nitrogen and oxygen atoms in total. The van der Waals surface area contributed by atoms with Crippen LogP contribution in [-0.4, -0.2) is 25.5 Å². The van der Waals surface area contributed by atoms with Gasteiger partial charge in [-0.05, 0) is 20.0 Å². The number of amides is 1. The molecule has 1 amide bonds. The minimum Gasteiger partial charge on any atom is -0.472 e. The zero-order chi connectivity index (χ0) is 9.68. The monoisotopic (exact) mass is 182 g/mol. The number of hydrogen-bond acceptors (Lipinski definition) is 3. The molecule has 0 aliphatic carbocycles. The van der Waals surface area contributed by atoms with E-state index in [4.69, 9.17) is 4.42 Å². The van der Waals surface area contributed by atoms with Crippen molar-refractivity contribution in [3.63, 3.8) is 0 Å². The van der Waals surface area contributed by atoms with Crippen LogP contribution < -0.4 is 10.6 Å². The molecular formula is C9H14N2O2. The van der Waals surface area contributed by atoms with Gasteiger partial charge in [-0.3, -0.25) is 4.79 Å². The second kappa shape index (κ2) is 4.67. The lowest BCUT2D eigenvalue weighted by Crippen LogP contribution is -2.36. The van der Waals surface area contributed by atoms with Gasteiger partial charge in [-0.15, -0.1) is 0 Å². The molecule has 0 bridgehead atoms. The Bertz CT molecular complexity index is 257. The Morgan fingerprint density at radius 3 is 3.00 bits per heavy atom. The fraction of sp³-hybridized carbons (Fsp3) is 0.444. The van der Waals surface area contributed by atoms with E-state index in [9.17, 15) is 4.79 Å². The smallest absolute Gasteiger partial charge is 0.254 e. The zero-order valence-electron chi connectivity index (χ0n) is 7.83. The Kier molecular flexibility index (Phi) is 3.52. The van der Waals surface area contributed by atoms with Crippen LogP contribution in [0.15, 0.2) is 23.0 Å². The molecule has 1 rings (SSSR count). The van der Waals surface area contributed by atoms with Crippen LogP contribution in [-0.2, 0) is 0 Å². The molecule has 1 heterocycles. The number of likely N-dealkylation sites (N-methyl/N-ethyl adjacent to an activating group) is 1. The van der Waals surface area contributed by atoms with Gasteiger partial charge in [0, 0.05) is 12.6 Å². The highest BCUT2D eigenvalue weighted by molar-refractivity contribution is 5.93. The normalized spacial score (nSPS) is 12.5. The summed E-state index contributed by atoms with van der Waals surface area (Å²) in [6, 6.07) is 1.91. The van der Waals surface area contributed by atoms with Crippen LogP contribution in [0.4, 0.5) is 0 Å². The van der Waals surface area contributed by atoms with Gasteiger partial charge in [0.1, 0.15) is 6.26 Å². The fourth-order valence-electron chi connectivity index (χ4n) is 0.844. The van der Waals surface area contributed by atoms with Crippen LogP contribution in [0.2, 0.25) is 0 Å². The topological polar surface area (TPSA) is 54.3 Å². The maximum atomic E-state index is 11.3. The maximum absolute atomic E-state index is 11.3. The van der Waals surface area contributed by atoms with Gasteiger partial charge >= 0.3 is 0 Å². The van der Waals surface area contributed by atoms with Crippen molar-refractivity contribution >= 4 is 5.91 Å². The van der Waals surface area contributed by atoms with Crippen molar-refractivity contribution < 1.29 is 9.21 Å². The van der Waals surface area contributed by atoms with Gasteiger partial charge in [0.15, 0.2) is 0 Å². The summed E-state index contributed by atoms with van der Waals surface area (Å²) in [7, 11) is 1.86. The maximum Gasteiger partial charge on any atom is 0.254 e. The van der Waals surface area contributed by atoms with E-state index in [2.05, 4.69) is 10.6 Å². The quantitative estimate of drug-likeness (QED) is 0.717. The molecule has 0 saturated carbocycles. The predicted octanol–water partition coefficient (Wildman–Crippen LogP) is 0.617. The third kappa shape index (κ3) is 2.91. The van der Waals surface area contributed by atoms with Crippen molar-refractivity contribution in [1.82, 2.24) is 10.6 Å². The summed E-state index contributed by atoms with van der Waals surface area (Å²) in [6.45, 7) is 2.61. The molecule has 0 aliphatic rings. The average Bonchev–Trinajstić information content (AvgIpc) is 2.66. The first kappa shape index (κ1) is 9.80.